The van der Waals surface area contributed by atoms with Crippen LogP contribution in [0.25, 0.3) is 0 Å². The molecule has 0 bridgehead atoms. The Balaban J connectivity index is 0. The van der Waals surface area contributed by atoms with Crippen molar-refractivity contribution in [3.8, 4) is 0 Å². The fourth-order valence-electron chi connectivity index (χ4n) is 3.31. The van der Waals surface area contributed by atoms with Crippen molar-refractivity contribution in [2.45, 2.75) is 22.7 Å². The maximum Gasteiger partial charge on any atom is 0.352 e. The number of aliphatic hydroxyl groups is 1. The number of hydrogen-bond donors (Lipinski definition) is 3. The van der Waals surface area contributed by atoms with Crippen molar-refractivity contribution < 1.29 is 52.0 Å². The van der Waals surface area contributed by atoms with E-state index in [1.807, 2.05) is 0 Å². The van der Waals surface area contributed by atoms with Gasteiger partial charge in [0.05, 0.1) is 0 Å². The van der Waals surface area contributed by atoms with Crippen molar-refractivity contribution in [3.63, 3.8) is 0 Å². The van der Waals surface area contributed by atoms with Crippen LogP contribution in [0.4, 0.5) is 0 Å². The summed E-state index contributed by atoms with van der Waals surface area (Å²) in [6, 6.07) is 7.46. The van der Waals surface area contributed by atoms with E-state index in [1.54, 1.807) is 37.4 Å². The first-order chi connectivity index (χ1) is 14.9. The summed E-state index contributed by atoms with van der Waals surface area (Å²) < 4.78 is 1.48. The molecule has 2 aliphatic heterocycles. The number of aliphatic hydroxyl groups excluding tert-OH is 1. The molecule has 2 amide bonds. The van der Waals surface area contributed by atoms with Crippen molar-refractivity contribution >= 4 is 41.3 Å². The lowest BCUT2D eigenvalue weighted by Gasteiger charge is -2.49. The van der Waals surface area contributed by atoms with Crippen LogP contribution >= 0.6 is 23.5 Å². The predicted molar refractivity (Wildman–Crippen MR) is 129 cm³/mol. The van der Waals surface area contributed by atoms with E-state index in [1.165, 1.54) is 33.1 Å². The Labute approximate surface area is 212 Å². The molecule has 0 spiro atoms. The smallest absolute Gasteiger partial charge is 0.352 e. The number of carbonyl (C=O) groups excluding carboxylic acids is 2. The molecule has 13 N–H and O–H groups in total. The van der Waals surface area contributed by atoms with E-state index in [0.717, 1.165) is 0 Å². The van der Waals surface area contributed by atoms with E-state index < -0.39 is 35.3 Å². The van der Waals surface area contributed by atoms with Crippen LogP contribution in [0.3, 0.4) is 0 Å². The molecule has 2 aromatic rings. The molecule has 0 saturated carbocycles. The van der Waals surface area contributed by atoms with Crippen LogP contribution in [0.15, 0.2) is 46.8 Å². The summed E-state index contributed by atoms with van der Waals surface area (Å²) in [5.74, 6) is -1.75. The predicted octanol–water partition coefficient (Wildman–Crippen LogP) is -4.35. The number of rotatable bonds is 7. The van der Waals surface area contributed by atoms with Crippen LogP contribution in [0.2, 0.25) is 0 Å². The largest absolute Gasteiger partial charge is 0.477 e. The number of nitrogens with one attached hydrogen (secondary N) is 1. The normalized spacial score (nSPS) is 18.4. The van der Waals surface area contributed by atoms with Gasteiger partial charge in [-0.05, 0) is 21.6 Å². The summed E-state index contributed by atoms with van der Waals surface area (Å²) in [4.78, 5) is 38.2. The number of tetrazole rings is 1. The SMILES string of the molecule is Cn1nnnc1SCC1=C(C(=O)O)N2C(=O)[C@@H](NC(=O)[C@H](O)c3ccccc3)[C@H]2SC1.O.O.O.O.O. The fourth-order valence-corrected chi connectivity index (χ4v) is 5.64. The Bertz CT molecular complexity index is 1070. The number of thioether (sulfide) groups is 2. The second kappa shape index (κ2) is 14.5. The van der Waals surface area contributed by atoms with Gasteiger partial charge in [0.15, 0.2) is 6.10 Å². The van der Waals surface area contributed by atoms with Gasteiger partial charge in [0.1, 0.15) is 17.1 Å². The average molecular weight is 553 g/mol. The van der Waals surface area contributed by atoms with Crippen LogP contribution in [0.5, 0.6) is 0 Å². The molecule has 3 atom stereocenters. The lowest BCUT2D eigenvalue weighted by Crippen LogP contribution is -2.70. The number of fused-ring (bicyclic) bond motifs is 1. The van der Waals surface area contributed by atoms with Gasteiger partial charge in [-0.15, -0.1) is 16.9 Å². The van der Waals surface area contributed by atoms with Crippen LogP contribution < -0.4 is 5.32 Å². The minimum Gasteiger partial charge on any atom is -0.477 e. The molecule has 1 saturated heterocycles. The maximum atomic E-state index is 12.7. The Morgan fingerprint density at radius 1 is 1.19 bits per heavy atom. The number of carboxylic acids is 1. The number of β-lactam (4-membered cyclic amide) rings is 1. The number of hydrogen-bond acceptors (Lipinski definition) is 9. The first-order valence-corrected chi connectivity index (χ1v) is 11.2. The number of amides is 2. The van der Waals surface area contributed by atoms with Gasteiger partial charge in [-0.3, -0.25) is 14.5 Å². The molecule has 0 aliphatic carbocycles. The van der Waals surface area contributed by atoms with Crippen molar-refractivity contribution in [1.82, 2.24) is 30.4 Å². The first-order valence-electron chi connectivity index (χ1n) is 9.17. The first kappa shape index (κ1) is 35.1. The van der Waals surface area contributed by atoms with Crippen LogP contribution in [-0.4, -0.2) is 103 Å². The topological polar surface area (TPSA) is 308 Å². The van der Waals surface area contributed by atoms with E-state index in [2.05, 4.69) is 20.8 Å². The maximum absolute atomic E-state index is 12.7. The van der Waals surface area contributed by atoms with Gasteiger partial charge in [0.2, 0.25) is 5.16 Å². The van der Waals surface area contributed by atoms with E-state index in [9.17, 15) is 24.6 Å². The van der Waals surface area contributed by atoms with Gasteiger partial charge in [-0.2, -0.15) is 0 Å². The molecule has 202 valence electrons. The third kappa shape index (κ3) is 6.56. The lowest BCUT2D eigenvalue weighted by atomic mass is 10.0. The summed E-state index contributed by atoms with van der Waals surface area (Å²) in [7, 11) is 1.68. The molecule has 16 nitrogen and oxygen atoms in total. The van der Waals surface area contributed by atoms with Crippen molar-refractivity contribution in [2.75, 3.05) is 11.5 Å². The molecule has 1 aromatic carbocycles. The van der Waals surface area contributed by atoms with Gasteiger partial charge in [0, 0.05) is 18.6 Å². The number of aryl methyl sites for hydroxylation is 1. The van der Waals surface area contributed by atoms with Gasteiger partial charge in [-0.1, -0.05) is 42.1 Å². The summed E-state index contributed by atoms with van der Waals surface area (Å²) in [6.07, 6.45) is -1.42. The highest BCUT2D eigenvalue weighted by Gasteiger charge is 2.54. The van der Waals surface area contributed by atoms with Crippen LogP contribution in [0, 0.1) is 0 Å². The van der Waals surface area contributed by atoms with Gasteiger partial charge in [0.25, 0.3) is 11.8 Å². The molecule has 3 heterocycles. The second-order valence-corrected chi connectivity index (χ2v) is 8.89. The molecule has 0 unspecified atom stereocenters. The highest BCUT2D eigenvalue weighted by molar-refractivity contribution is 8.01. The van der Waals surface area contributed by atoms with Crippen LogP contribution in [-0.2, 0) is 21.4 Å². The molecular weight excluding hydrogens is 524 g/mol. The van der Waals surface area contributed by atoms with E-state index in [-0.39, 0.29) is 33.1 Å². The van der Waals surface area contributed by atoms with Gasteiger partial charge >= 0.3 is 5.97 Å². The van der Waals surface area contributed by atoms with E-state index in [4.69, 9.17) is 0 Å². The molecular formula is C18H28N6O10S2. The quantitative estimate of drug-likeness (QED) is 0.219. The van der Waals surface area contributed by atoms with Gasteiger partial charge < -0.3 is 42.9 Å². The third-order valence-corrected chi connectivity index (χ3v) is 7.30. The summed E-state index contributed by atoms with van der Waals surface area (Å²) in [5, 5.41) is 33.6. The van der Waals surface area contributed by atoms with Crippen molar-refractivity contribution in [3.05, 3.63) is 47.2 Å². The fraction of sp³-hybridized carbons (Fsp3) is 0.333. The summed E-state index contributed by atoms with van der Waals surface area (Å²) in [6.45, 7) is 0. The molecule has 1 fully saturated rings. The third-order valence-electron chi connectivity index (χ3n) is 4.87. The molecule has 18 heteroatoms. The lowest BCUT2D eigenvalue weighted by molar-refractivity contribution is -0.151. The molecule has 2 aliphatic rings. The minimum absolute atomic E-state index is 0. The molecule has 0 radical (unpaired) electrons. The monoisotopic (exact) mass is 552 g/mol. The standard InChI is InChI=1S/C18H18N6O5S2.5H2O/c1-23-18(20-21-22-23)31-8-10-7-30-16-11(15(27)24(16)12(10)17(28)29)19-14(26)13(25)9-5-3-2-4-6-9;;;;;/h2-6,11,13,16,25H,7-8H2,1H3,(H,19,26)(H,28,29);5*1H2/t11-,13-,16-;;;;;/m1...../s1. The highest BCUT2D eigenvalue weighted by Crippen LogP contribution is 2.41. The van der Waals surface area contributed by atoms with E-state index >= 15 is 0 Å². The van der Waals surface area contributed by atoms with Crippen LogP contribution in [0.1, 0.15) is 11.7 Å². The number of aromatic nitrogens is 4. The number of benzene rings is 1. The number of aliphatic carboxylic acids is 1. The number of carboxylic acid groups (broad SMARTS) is 1. The van der Waals surface area contributed by atoms with E-state index in [0.29, 0.717) is 27.8 Å². The summed E-state index contributed by atoms with van der Waals surface area (Å²) >= 11 is 2.64. The van der Waals surface area contributed by atoms with Crippen molar-refractivity contribution in [1.29, 1.82) is 0 Å². The number of nitrogens with zero attached hydrogens (tertiary/aromatic N) is 5. The number of carbonyl (C=O) groups is 3. The Morgan fingerprint density at radius 3 is 2.39 bits per heavy atom. The molecule has 4 rings (SSSR count). The summed E-state index contributed by atoms with van der Waals surface area (Å²) in [5.41, 5.74) is 0.901. The Morgan fingerprint density at radius 2 is 1.83 bits per heavy atom. The zero-order chi connectivity index (χ0) is 22.1. The zero-order valence-electron chi connectivity index (χ0n) is 18.7. The van der Waals surface area contributed by atoms with Gasteiger partial charge in [-0.25, -0.2) is 9.48 Å². The average Bonchev–Trinajstić information content (AvgIpc) is 3.19. The Hall–Kier alpha value is -3.10. The van der Waals surface area contributed by atoms with Crippen molar-refractivity contribution in [2.24, 2.45) is 7.05 Å². The minimum atomic E-state index is -1.42. The Kier molecular flexibility index (Phi) is 14.1. The molecule has 36 heavy (non-hydrogen) atoms. The second-order valence-electron chi connectivity index (χ2n) is 6.84. The highest BCUT2D eigenvalue weighted by atomic mass is 32.2. The zero-order valence-corrected chi connectivity index (χ0v) is 20.3. The molecule has 1 aromatic heterocycles.